The van der Waals surface area contributed by atoms with Crippen LogP contribution in [0.3, 0.4) is 0 Å². The van der Waals surface area contributed by atoms with Crippen molar-refractivity contribution in [3.63, 3.8) is 0 Å². The highest BCUT2D eigenvalue weighted by molar-refractivity contribution is 5.52. The molecule has 0 amide bonds. The van der Waals surface area contributed by atoms with Crippen LogP contribution in [0.1, 0.15) is 56.6 Å². The Balaban J connectivity index is 1.73. The fourth-order valence-electron chi connectivity index (χ4n) is 5.21. The minimum atomic E-state index is 0.433. The van der Waals surface area contributed by atoms with E-state index < -0.39 is 0 Å². The molecule has 1 heteroatoms. The van der Waals surface area contributed by atoms with Gasteiger partial charge in [0.25, 0.3) is 0 Å². The summed E-state index contributed by atoms with van der Waals surface area (Å²) in [5.74, 6) is 1.40. The third-order valence-corrected chi connectivity index (χ3v) is 6.34. The Hall–Kier alpha value is -1.50. The van der Waals surface area contributed by atoms with E-state index in [0.29, 0.717) is 11.3 Å². The number of hydrogen-bond donors (Lipinski definition) is 1. The molecular formula is C20H25N. The predicted octanol–water partition coefficient (Wildman–Crippen LogP) is 4.99. The first-order chi connectivity index (χ1) is 10.1. The van der Waals surface area contributed by atoms with Crippen molar-refractivity contribution >= 4 is 5.69 Å². The summed E-state index contributed by atoms with van der Waals surface area (Å²) in [7, 11) is 0. The summed E-state index contributed by atoms with van der Waals surface area (Å²) in [6.07, 6.45) is 11.2. The second kappa shape index (κ2) is 4.50. The Morgan fingerprint density at radius 1 is 1.29 bits per heavy atom. The van der Waals surface area contributed by atoms with Gasteiger partial charge in [-0.1, -0.05) is 43.2 Å². The molecule has 0 radical (unpaired) electrons. The summed E-state index contributed by atoms with van der Waals surface area (Å²) >= 11 is 0. The second-order valence-corrected chi connectivity index (χ2v) is 7.25. The van der Waals surface area contributed by atoms with Crippen LogP contribution in [-0.4, -0.2) is 0 Å². The third-order valence-electron chi connectivity index (χ3n) is 6.34. The molecule has 0 spiro atoms. The molecule has 0 aliphatic heterocycles. The third kappa shape index (κ3) is 1.76. The number of benzene rings is 1. The van der Waals surface area contributed by atoms with E-state index in [1.807, 2.05) is 0 Å². The molecule has 3 aliphatic carbocycles. The van der Waals surface area contributed by atoms with Gasteiger partial charge in [-0.05, 0) is 66.7 Å². The average Bonchev–Trinajstić information content (AvgIpc) is 2.83. The van der Waals surface area contributed by atoms with Crippen molar-refractivity contribution in [2.45, 2.75) is 51.9 Å². The number of fused-ring (bicyclic) bond motifs is 5. The Bertz CT molecular complexity index is 652. The van der Waals surface area contributed by atoms with Crippen molar-refractivity contribution in [3.05, 3.63) is 52.6 Å². The van der Waals surface area contributed by atoms with Crippen molar-refractivity contribution in [1.29, 1.82) is 0 Å². The van der Waals surface area contributed by atoms with Gasteiger partial charge in [0, 0.05) is 11.6 Å². The monoisotopic (exact) mass is 279 g/mol. The summed E-state index contributed by atoms with van der Waals surface area (Å²) in [5, 5.41) is 0. The molecule has 110 valence electrons. The summed E-state index contributed by atoms with van der Waals surface area (Å²) < 4.78 is 0. The van der Waals surface area contributed by atoms with Crippen molar-refractivity contribution < 1.29 is 0 Å². The molecule has 0 aromatic heterocycles. The number of anilines is 1. The highest BCUT2D eigenvalue weighted by Crippen LogP contribution is 2.60. The lowest BCUT2D eigenvalue weighted by Crippen LogP contribution is -2.35. The molecule has 1 aromatic carbocycles. The van der Waals surface area contributed by atoms with Gasteiger partial charge in [0.05, 0.1) is 0 Å². The van der Waals surface area contributed by atoms with Gasteiger partial charge in [0.15, 0.2) is 0 Å². The van der Waals surface area contributed by atoms with Crippen LogP contribution in [0.15, 0.2) is 41.5 Å². The van der Waals surface area contributed by atoms with Crippen LogP contribution in [0.5, 0.6) is 0 Å². The largest absolute Gasteiger partial charge is 0.399 e. The van der Waals surface area contributed by atoms with Crippen LogP contribution < -0.4 is 5.73 Å². The maximum absolute atomic E-state index is 5.96. The number of allylic oxidation sites excluding steroid dienone is 4. The number of rotatable bonds is 1. The molecule has 1 fully saturated rings. The molecule has 0 heterocycles. The average molecular weight is 279 g/mol. The molecule has 3 unspecified atom stereocenters. The van der Waals surface area contributed by atoms with Crippen LogP contribution in [0, 0.1) is 11.3 Å². The van der Waals surface area contributed by atoms with Crippen LogP contribution >= 0.6 is 0 Å². The molecule has 1 nitrogen and oxygen atoms in total. The van der Waals surface area contributed by atoms with E-state index in [0.717, 1.165) is 18.0 Å². The highest BCUT2D eigenvalue weighted by atomic mass is 14.6. The maximum Gasteiger partial charge on any atom is 0.0317 e. The van der Waals surface area contributed by atoms with Crippen LogP contribution in [0.4, 0.5) is 5.69 Å². The van der Waals surface area contributed by atoms with Crippen LogP contribution in [0.2, 0.25) is 0 Å². The lowest BCUT2D eigenvalue weighted by atomic mass is 9.58. The molecule has 0 bridgehead atoms. The summed E-state index contributed by atoms with van der Waals surface area (Å²) in [5.41, 5.74) is 13.7. The lowest BCUT2D eigenvalue weighted by molar-refractivity contribution is 0.214. The zero-order chi connectivity index (χ0) is 14.6. The Kier molecular flexibility index (Phi) is 2.82. The first-order valence-corrected chi connectivity index (χ1v) is 8.41. The smallest absolute Gasteiger partial charge is 0.0317 e. The van der Waals surface area contributed by atoms with E-state index in [9.17, 15) is 0 Å². The van der Waals surface area contributed by atoms with Gasteiger partial charge in [0.2, 0.25) is 0 Å². The highest BCUT2D eigenvalue weighted by Gasteiger charge is 2.48. The number of nitrogens with two attached hydrogens (primary N) is 1. The van der Waals surface area contributed by atoms with Gasteiger partial charge in [-0.15, -0.1) is 0 Å². The first kappa shape index (κ1) is 13.2. The molecule has 1 aromatic rings. The van der Waals surface area contributed by atoms with E-state index in [2.05, 4.69) is 44.2 Å². The summed E-state index contributed by atoms with van der Waals surface area (Å²) in [6, 6.07) is 6.55. The number of nitrogen functional groups attached to an aromatic ring is 1. The minimum Gasteiger partial charge on any atom is -0.399 e. The van der Waals surface area contributed by atoms with Gasteiger partial charge in [-0.3, -0.25) is 0 Å². The quantitative estimate of drug-likeness (QED) is 0.568. The van der Waals surface area contributed by atoms with Gasteiger partial charge >= 0.3 is 0 Å². The summed E-state index contributed by atoms with van der Waals surface area (Å²) in [6.45, 7) is 4.83. The lowest BCUT2D eigenvalue weighted by Gasteiger charge is -2.46. The topological polar surface area (TPSA) is 26.0 Å². The molecule has 1 saturated carbocycles. The van der Waals surface area contributed by atoms with Gasteiger partial charge in [-0.25, -0.2) is 0 Å². The summed E-state index contributed by atoms with van der Waals surface area (Å²) in [4.78, 5) is 0. The van der Waals surface area contributed by atoms with E-state index in [4.69, 9.17) is 5.73 Å². The van der Waals surface area contributed by atoms with E-state index in [1.165, 1.54) is 31.2 Å². The molecule has 21 heavy (non-hydrogen) atoms. The molecule has 2 N–H and O–H groups in total. The second-order valence-electron chi connectivity index (χ2n) is 7.25. The fraction of sp³-hybridized carbons (Fsp3) is 0.500. The zero-order valence-corrected chi connectivity index (χ0v) is 13.2. The van der Waals surface area contributed by atoms with Crippen molar-refractivity contribution in [1.82, 2.24) is 0 Å². The Morgan fingerprint density at radius 2 is 2.14 bits per heavy atom. The molecule has 3 atom stereocenters. The van der Waals surface area contributed by atoms with E-state index in [1.54, 1.807) is 16.7 Å². The van der Waals surface area contributed by atoms with Gasteiger partial charge < -0.3 is 5.73 Å². The van der Waals surface area contributed by atoms with Gasteiger partial charge in [0.1, 0.15) is 0 Å². The van der Waals surface area contributed by atoms with E-state index in [-0.39, 0.29) is 0 Å². The Morgan fingerprint density at radius 3 is 2.95 bits per heavy atom. The molecule has 3 aliphatic rings. The minimum absolute atomic E-state index is 0.433. The first-order valence-electron chi connectivity index (χ1n) is 8.41. The fourth-order valence-corrected chi connectivity index (χ4v) is 5.21. The SMILES string of the molecule is CCC1=CCC2C3=CCc4cc(N)ccc4C3CCC12C. The van der Waals surface area contributed by atoms with Crippen LogP contribution in [-0.2, 0) is 6.42 Å². The number of hydrogen-bond acceptors (Lipinski definition) is 1. The zero-order valence-electron chi connectivity index (χ0n) is 13.2. The molecule has 0 saturated heterocycles. The van der Waals surface area contributed by atoms with Crippen molar-refractivity contribution in [3.8, 4) is 0 Å². The molecule has 4 rings (SSSR count). The predicted molar refractivity (Wildman–Crippen MR) is 89.2 cm³/mol. The Labute approximate surface area is 127 Å². The maximum atomic E-state index is 5.96. The van der Waals surface area contributed by atoms with Crippen molar-refractivity contribution in [2.24, 2.45) is 11.3 Å². The van der Waals surface area contributed by atoms with Crippen molar-refractivity contribution in [2.75, 3.05) is 5.73 Å². The normalized spacial score (nSPS) is 33.6. The van der Waals surface area contributed by atoms with Gasteiger partial charge in [-0.2, -0.15) is 0 Å². The molecular weight excluding hydrogens is 254 g/mol. The van der Waals surface area contributed by atoms with Crippen LogP contribution in [0.25, 0.3) is 0 Å². The standard InChI is InChI=1S/C20H25N/c1-3-14-5-9-19-18-7-4-13-12-15(21)6-8-16(13)17(18)10-11-20(14,19)2/h5-8,12,17,19H,3-4,9-11,21H2,1-2H3. The van der Waals surface area contributed by atoms with E-state index >= 15 is 0 Å².